The molecule has 0 radical (unpaired) electrons. The Morgan fingerprint density at radius 2 is 2.00 bits per heavy atom. The molecule has 0 aliphatic rings. The first-order valence-corrected chi connectivity index (χ1v) is 5.96. The van der Waals surface area contributed by atoms with Gasteiger partial charge < -0.3 is 10.5 Å². The first-order chi connectivity index (χ1) is 8.69. The monoisotopic (exact) mass is 250 g/mol. The molecule has 0 unspecified atom stereocenters. The molecule has 98 valence electrons. The number of hydrogen-bond donors (Lipinski definition) is 1. The highest BCUT2D eigenvalue weighted by atomic mass is 16.5. The molecule has 2 N–H and O–H groups in total. The van der Waals surface area contributed by atoms with Crippen LogP contribution < -0.4 is 15.4 Å². The zero-order valence-electron chi connectivity index (χ0n) is 10.5. The number of urea groups is 1. The first-order valence-electron chi connectivity index (χ1n) is 5.96. The molecule has 0 aromatic heterocycles. The fourth-order valence-electron chi connectivity index (χ4n) is 1.49. The molecule has 0 fully saturated rings. The number of nitrogens with two attached hydrogens (primary N) is 1. The molecule has 0 saturated carbocycles. The van der Waals surface area contributed by atoms with Crippen molar-refractivity contribution in [3.63, 3.8) is 0 Å². The molecule has 0 aliphatic carbocycles. The molecule has 0 spiro atoms. The summed E-state index contributed by atoms with van der Waals surface area (Å²) in [5, 5.41) is 0. The van der Waals surface area contributed by atoms with Crippen molar-refractivity contribution in [2.75, 3.05) is 11.5 Å². The second-order valence-electron chi connectivity index (χ2n) is 3.86. The number of carbonyl (C=O) groups is 2. The Morgan fingerprint density at radius 1 is 1.33 bits per heavy atom. The van der Waals surface area contributed by atoms with Crippen LogP contribution in [0.1, 0.15) is 26.2 Å². The van der Waals surface area contributed by atoms with E-state index in [2.05, 4.69) is 6.92 Å². The predicted octanol–water partition coefficient (Wildman–Crippen LogP) is 2.30. The van der Waals surface area contributed by atoms with Gasteiger partial charge in [0.1, 0.15) is 5.75 Å². The van der Waals surface area contributed by atoms with Crippen LogP contribution in [0.15, 0.2) is 24.3 Å². The number of carbonyl (C=O) groups excluding carboxylic acids is 2. The van der Waals surface area contributed by atoms with E-state index in [4.69, 9.17) is 10.5 Å². The summed E-state index contributed by atoms with van der Waals surface area (Å²) in [6.45, 7) is 2.80. The van der Waals surface area contributed by atoms with E-state index < -0.39 is 6.03 Å². The molecular weight excluding hydrogens is 232 g/mol. The van der Waals surface area contributed by atoms with Gasteiger partial charge in [-0.3, -0.25) is 4.79 Å². The summed E-state index contributed by atoms with van der Waals surface area (Å²) < 4.78 is 5.51. The van der Waals surface area contributed by atoms with Crippen LogP contribution in [0.25, 0.3) is 0 Å². The number of ether oxygens (including phenoxy) is 1. The van der Waals surface area contributed by atoms with Gasteiger partial charge in [0.2, 0.25) is 6.41 Å². The van der Waals surface area contributed by atoms with Gasteiger partial charge in [0.25, 0.3) is 0 Å². The lowest BCUT2D eigenvalue weighted by atomic mass is 10.2. The summed E-state index contributed by atoms with van der Waals surface area (Å²) in [5.74, 6) is 0.713. The highest BCUT2D eigenvalue weighted by Gasteiger charge is 2.10. The lowest BCUT2D eigenvalue weighted by molar-refractivity contribution is -0.106. The highest BCUT2D eigenvalue weighted by Crippen LogP contribution is 2.18. The van der Waals surface area contributed by atoms with Crippen molar-refractivity contribution >= 4 is 18.1 Å². The van der Waals surface area contributed by atoms with Crippen LogP contribution in [0, 0.1) is 0 Å². The van der Waals surface area contributed by atoms with E-state index >= 15 is 0 Å². The molecule has 0 saturated heterocycles. The highest BCUT2D eigenvalue weighted by molar-refractivity contribution is 6.05. The van der Waals surface area contributed by atoms with Gasteiger partial charge in [-0.1, -0.05) is 19.8 Å². The van der Waals surface area contributed by atoms with Gasteiger partial charge in [-0.05, 0) is 30.7 Å². The van der Waals surface area contributed by atoms with Crippen molar-refractivity contribution in [2.45, 2.75) is 26.2 Å². The Morgan fingerprint density at radius 3 is 2.50 bits per heavy atom. The Kier molecular flexibility index (Phi) is 5.70. The van der Waals surface area contributed by atoms with Gasteiger partial charge in [-0.25, -0.2) is 9.69 Å². The van der Waals surface area contributed by atoms with Crippen molar-refractivity contribution in [2.24, 2.45) is 5.73 Å². The molecule has 0 bridgehead atoms. The molecule has 1 aromatic carbocycles. The third-order valence-electron chi connectivity index (χ3n) is 2.47. The van der Waals surface area contributed by atoms with Gasteiger partial charge >= 0.3 is 6.03 Å². The summed E-state index contributed by atoms with van der Waals surface area (Å²) in [5.41, 5.74) is 5.48. The van der Waals surface area contributed by atoms with E-state index in [1.165, 1.54) is 0 Å². The molecule has 5 heteroatoms. The van der Waals surface area contributed by atoms with E-state index in [1.54, 1.807) is 24.3 Å². The van der Waals surface area contributed by atoms with Crippen LogP contribution in [-0.4, -0.2) is 19.0 Å². The van der Waals surface area contributed by atoms with Crippen molar-refractivity contribution in [3.05, 3.63) is 24.3 Å². The van der Waals surface area contributed by atoms with E-state index in [0.29, 0.717) is 24.5 Å². The number of rotatable bonds is 7. The van der Waals surface area contributed by atoms with Crippen LogP contribution in [-0.2, 0) is 4.79 Å². The average Bonchev–Trinajstić information content (AvgIpc) is 2.37. The Balaban J connectivity index is 2.56. The van der Waals surface area contributed by atoms with Crippen LogP contribution in [0.3, 0.4) is 0 Å². The van der Waals surface area contributed by atoms with Crippen molar-refractivity contribution in [3.8, 4) is 5.75 Å². The smallest absolute Gasteiger partial charge is 0.325 e. The number of benzene rings is 1. The first kappa shape index (κ1) is 14.0. The van der Waals surface area contributed by atoms with Crippen LogP contribution >= 0.6 is 0 Å². The fraction of sp³-hybridized carbons (Fsp3) is 0.385. The quantitative estimate of drug-likeness (QED) is 0.596. The minimum Gasteiger partial charge on any atom is -0.494 e. The molecule has 0 aliphatic heterocycles. The topological polar surface area (TPSA) is 72.6 Å². The number of anilines is 1. The van der Waals surface area contributed by atoms with Crippen molar-refractivity contribution in [1.82, 2.24) is 0 Å². The van der Waals surface area contributed by atoms with E-state index in [-0.39, 0.29) is 0 Å². The molecule has 5 nitrogen and oxygen atoms in total. The van der Waals surface area contributed by atoms with Crippen LogP contribution in [0.4, 0.5) is 10.5 Å². The number of primary amides is 1. The zero-order valence-corrected chi connectivity index (χ0v) is 10.5. The molecule has 1 rings (SSSR count). The summed E-state index contributed by atoms with van der Waals surface area (Å²) in [6.07, 6.45) is 3.69. The third kappa shape index (κ3) is 4.08. The molecule has 3 amide bonds. The fourth-order valence-corrected chi connectivity index (χ4v) is 1.49. The maximum atomic E-state index is 10.9. The predicted molar refractivity (Wildman–Crippen MR) is 69.6 cm³/mol. The van der Waals surface area contributed by atoms with Crippen LogP contribution in [0.2, 0.25) is 0 Å². The Labute approximate surface area is 107 Å². The second kappa shape index (κ2) is 7.32. The van der Waals surface area contributed by atoms with Gasteiger partial charge in [-0.15, -0.1) is 0 Å². The maximum absolute atomic E-state index is 10.9. The minimum absolute atomic E-state index is 0.388. The minimum atomic E-state index is -0.804. The number of imide groups is 1. The standard InChI is InChI=1S/C13H18N2O3/c1-2-3-4-9-18-12-7-5-11(6-8-12)15(10-16)13(14)17/h5-8,10H,2-4,9H2,1H3,(H2,14,17). The van der Waals surface area contributed by atoms with Gasteiger partial charge in [0.15, 0.2) is 0 Å². The molecule has 0 atom stereocenters. The van der Waals surface area contributed by atoms with Crippen molar-refractivity contribution in [1.29, 1.82) is 0 Å². The molecule has 0 heterocycles. The summed E-state index contributed by atoms with van der Waals surface area (Å²) in [7, 11) is 0. The van der Waals surface area contributed by atoms with Crippen molar-refractivity contribution < 1.29 is 14.3 Å². The molecule has 18 heavy (non-hydrogen) atoms. The average molecular weight is 250 g/mol. The molecule has 1 aromatic rings. The normalized spacial score (nSPS) is 9.83. The number of hydrogen-bond acceptors (Lipinski definition) is 3. The van der Waals surface area contributed by atoms with E-state index in [0.717, 1.165) is 24.2 Å². The Hall–Kier alpha value is -2.04. The Bertz CT molecular complexity index is 390. The SMILES string of the molecule is CCCCCOc1ccc(N(C=O)C(N)=O)cc1. The largest absolute Gasteiger partial charge is 0.494 e. The summed E-state index contributed by atoms with van der Waals surface area (Å²) in [6, 6.07) is 5.85. The van der Waals surface area contributed by atoms with Gasteiger partial charge in [0.05, 0.1) is 12.3 Å². The number of unbranched alkanes of at least 4 members (excludes halogenated alkanes) is 2. The number of nitrogens with zero attached hydrogens (tertiary/aromatic N) is 1. The maximum Gasteiger partial charge on any atom is 0.325 e. The zero-order chi connectivity index (χ0) is 13.4. The lowest BCUT2D eigenvalue weighted by Gasteiger charge is -2.13. The third-order valence-corrected chi connectivity index (χ3v) is 2.47. The second-order valence-corrected chi connectivity index (χ2v) is 3.86. The summed E-state index contributed by atoms with van der Waals surface area (Å²) >= 11 is 0. The summed E-state index contributed by atoms with van der Waals surface area (Å²) in [4.78, 5) is 22.4. The lowest BCUT2D eigenvalue weighted by Crippen LogP contribution is -2.34. The van der Waals surface area contributed by atoms with Crippen LogP contribution in [0.5, 0.6) is 5.75 Å². The van der Waals surface area contributed by atoms with Gasteiger partial charge in [0, 0.05) is 0 Å². The van der Waals surface area contributed by atoms with E-state index in [9.17, 15) is 9.59 Å². The van der Waals surface area contributed by atoms with E-state index in [1.807, 2.05) is 0 Å². The van der Waals surface area contributed by atoms with Gasteiger partial charge in [-0.2, -0.15) is 0 Å². The number of amides is 3. The molecular formula is C13H18N2O3.